The number of ether oxygens (including phenoxy) is 4. The Hall–Kier alpha value is -2.36. The van der Waals surface area contributed by atoms with E-state index in [9.17, 15) is 0 Å². The van der Waals surface area contributed by atoms with E-state index in [0.717, 1.165) is 23.0 Å². The number of fused-ring (bicyclic) bond motifs is 2. The monoisotopic (exact) mass is 396 g/mol. The van der Waals surface area contributed by atoms with Crippen LogP contribution < -0.4 is 18.9 Å². The molecule has 0 spiro atoms. The molecule has 2 aromatic rings. The SMILES string of the molecule is CC1(CC2(C)Oc3ccc(C(C)(C)C)cc3O2)Oc2ccc(C(C)(C)C)cc2O1. The molecular weight excluding hydrogens is 364 g/mol. The van der Waals surface area contributed by atoms with Crippen molar-refractivity contribution in [1.82, 2.24) is 0 Å². The Morgan fingerprint density at radius 2 is 0.931 bits per heavy atom. The van der Waals surface area contributed by atoms with Crippen LogP contribution in [-0.4, -0.2) is 11.6 Å². The molecule has 0 amide bonds. The zero-order valence-electron chi connectivity index (χ0n) is 18.8. The van der Waals surface area contributed by atoms with Crippen molar-refractivity contribution in [1.29, 1.82) is 0 Å². The van der Waals surface area contributed by atoms with Crippen molar-refractivity contribution in [3.05, 3.63) is 47.5 Å². The molecule has 2 heterocycles. The third-order valence-corrected chi connectivity index (χ3v) is 5.57. The van der Waals surface area contributed by atoms with E-state index in [0.29, 0.717) is 6.42 Å². The lowest BCUT2D eigenvalue weighted by molar-refractivity contribution is -0.162. The van der Waals surface area contributed by atoms with Gasteiger partial charge in [0.05, 0.1) is 0 Å². The summed E-state index contributed by atoms with van der Waals surface area (Å²) >= 11 is 0. The van der Waals surface area contributed by atoms with Gasteiger partial charge in [-0.15, -0.1) is 0 Å². The van der Waals surface area contributed by atoms with Gasteiger partial charge in [0.1, 0.15) is 6.42 Å². The molecule has 2 aliphatic heterocycles. The molecule has 29 heavy (non-hydrogen) atoms. The quantitative estimate of drug-likeness (QED) is 0.593. The maximum Gasteiger partial charge on any atom is 0.256 e. The lowest BCUT2D eigenvalue weighted by Gasteiger charge is -2.31. The Labute approximate surface area is 174 Å². The molecule has 0 saturated carbocycles. The molecule has 2 aromatic carbocycles. The molecule has 156 valence electrons. The van der Waals surface area contributed by atoms with Gasteiger partial charge < -0.3 is 18.9 Å². The van der Waals surface area contributed by atoms with Crippen molar-refractivity contribution in [3.8, 4) is 23.0 Å². The van der Waals surface area contributed by atoms with Gasteiger partial charge in [-0.25, -0.2) is 0 Å². The lowest BCUT2D eigenvalue weighted by atomic mass is 9.87. The fourth-order valence-electron chi connectivity index (χ4n) is 3.98. The van der Waals surface area contributed by atoms with Crippen LogP contribution in [0.25, 0.3) is 0 Å². The highest BCUT2D eigenvalue weighted by Gasteiger charge is 2.49. The van der Waals surface area contributed by atoms with Gasteiger partial charge in [0.25, 0.3) is 11.6 Å². The lowest BCUT2D eigenvalue weighted by Crippen LogP contribution is -2.47. The van der Waals surface area contributed by atoms with Crippen molar-refractivity contribution >= 4 is 0 Å². The molecule has 4 heteroatoms. The summed E-state index contributed by atoms with van der Waals surface area (Å²) in [6.07, 6.45) is 0.430. The van der Waals surface area contributed by atoms with Crippen LogP contribution in [0.1, 0.15) is 72.9 Å². The van der Waals surface area contributed by atoms with Crippen LogP contribution in [0.2, 0.25) is 0 Å². The molecule has 0 saturated heterocycles. The molecule has 2 atom stereocenters. The number of hydrogen-bond acceptors (Lipinski definition) is 4. The average Bonchev–Trinajstić information content (AvgIpc) is 3.05. The van der Waals surface area contributed by atoms with Crippen LogP contribution in [0, 0.1) is 0 Å². The van der Waals surface area contributed by atoms with Crippen LogP contribution in [0.5, 0.6) is 23.0 Å². The Kier molecular flexibility index (Phi) is 4.17. The van der Waals surface area contributed by atoms with Crippen molar-refractivity contribution in [2.24, 2.45) is 0 Å². The minimum Gasteiger partial charge on any atom is -0.448 e. The molecule has 0 fully saturated rings. The van der Waals surface area contributed by atoms with E-state index in [1.54, 1.807) is 0 Å². The highest BCUT2D eigenvalue weighted by molar-refractivity contribution is 5.49. The smallest absolute Gasteiger partial charge is 0.256 e. The molecule has 4 nitrogen and oxygen atoms in total. The Balaban J connectivity index is 1.53. The molecule has 2 aliphatic rings. The predicted octanol–water partition coefficient (Wildman–Crippen LogP) is 6.35. The van der Waals surface area contributed by atoms with Gasteiger partial charge in [0, 0.05) is 13.8 Å². The van der Waals surface area contributed by atoms with E-state index in [1.807, 2.05) is 26.0 Å². The first-order valence-electron chi connectivity index (χ1n) is 10.3. The van der Waals surface area contributed by atoms with Crippen LogP contribution in [0.3, 0.4) is 0 Å². The average molecular weight is 397 g/mol. The zero-order chi connectivity index (χ0) is 21.2. The molecule has 0 N–H and O–H groups in total. The van der Waals surface area contributed by atoms with E-state index >= 15 is 0 Å². The minimum absolute atomic E-state index is 0.0490. The Morgan fingerprint density at radius 3 is 1.28 bits per heavy atom. The number of benzene rings is 2. The molecule has 2 unspecified atom stereocenters. The summed E-state index contributed by atoms with van der Waals surface area (Å²) in [4.78, 5) is 0. The van der Waals surface area contributed by atoms with E-state index in [-0.39, 0.29) is 10.8 Å². The second-order valence-electron chi connectivity index (χ2n) is 10.7. The first kappa shape index (κ1) is 19.9. The maximum absolute atomic E-state index is 6.25. The molecule has 0 radical (unpaired) electrons. The maximum atomic E-state index is 6.25. The van der Waals surface area contributed by atoms with Crippen molar-refractivity contribution < 1.29 is 18.9 Å². The molecular formula is C25H32O4. The summed E-state index contributed by atoms with van der Waals surface area (Å²) in [5, 5.41) is 0. The number of hydrogen-bond donors (Lipinski definition) is 0. The van der Waals surface area contributed by atoms with Crippen LogP contribution in [-0.2, 0) is 10.8 Å². The van der Waals surface area contributed by atoms with E-state index in [2.05, 4.69) is 65.8 Å². The van der Waals surface area contributed by atoms with Crippen molar-refractivity contribution in [2.45, 2.75) is 84.2 Å². The summed E-state index contributed by atoms with van der Waals surface area (Å²) in [5.74, 6) is 1.35. The van der Waals surface area contributed by atoms with Gasteiger partial charge in [-0.1, -0.05) is 53.7 Å². The largest absolute Gasteiger partial charge is 0.448 e. The Morgan fingerprint density at radius 1 is 0.586 bits per heavy atom. The highest BCUT2D eigenvalue weighted by atomic mass is 16.8. The molecule has 0 bridgehead atoms. The van der Waals surface area contributed by atoms with E-state index < -0.39 is 11.6 Å². The van der Waals surface area contributed by atoms with Gasteiger partial charge in [-0.2, -0.15) is 0 Å². The fraction of sp³-hybridized carbons (Fsp3) is 0.520. The second-order valence-corrected chi connectivity index (χ2v) is 10.7. The molecule has 0 aliphatic carbocycles. The van der Waals surface area contributed by atoms with Gasteiger partial charge >= 0.3 is 0 Å². The summed E-state index contributed by atoms with van der Waals surface area (Å²) in [6, 6.07) is 12.3. The minimum atomic E-state index is -0.859. The van der Waals surface area contributed by atoms with Crippen LogP contribution in [0.4, 0.5) is 0 Å². The Bertz CT molecular complexity index is 873. The molecule has 0 aromatic heterocycles. The first-order valence-corrected chi connectivity index (χ1v) is 10.3. The number of rotatable bonds is 2. The summed E-state index contributed by atoms with van der Waals surface area (Å²) in [5.41, 5.74) is 2.53. The van der Waals surface area contributed by atoms with Crippen molar-refractivity contribution in [2.75, 3.05) is 0 Å². The standard InChI is InChI=1S/C25H32O4/c1-22(2,3)16-9-11-18-20(13-16)28-24(7,26-18)15-25(8)27-19-12-10-17(23(4,5)6)14-21(19)29-25/h9-14H,15H2,1-8H3. The van der Waals surface area contributed by atoms with E-state index in [1.165, 1.54) is 11.1 Å². The predicted molar refractivity (Wildman–Crippen MR) is 114 cm³/mol. The summed E-state index contributed by atoms with van der Waals surface area (Å²) < 4.78 is 24.9. The summed E-state index contributed by atoms with van der Waals surface area (Å²) in [6.45, 7) is 17.0. The van der Waals surface area contributed by atoms with Crippen LogP contribution >= 0.6 is 0 Å². The van der Waals surface area contributed by atoms with Gasteiger partial charge in [0.2, 0.25) is 0 Å². The zero-order valence-corrected chi connectivity index (χ0v) is 18.8. The normalized spacial score (nSPS) is 25.4. The third-order valence-electron chi connectivity index (χ3n) is 5.57. The first-order chi connectivity index (χ1) is 13.3. The second kappa shape index (κ2) is 6.07. The topological polar surface area (TPSA) is 36.9 Å². The van der Waals surface area contributed by atoms with Gasteiger partial charge in [0.15, 0.2) is 23.0 Å². The van der Waals surface area contributed by atoms with Gasteiger partial charge in [-0.3, -0.25) is 0 Å². The highest BCUT2D eigenvalue weighted by Crippen LogP contribution is 2.48. The van der Waals surface area contributed by atoms with Crippen LogP contribution in [0.15, 0.2) is 36.4 Å². The third kappa shape index (κ3) is 3.77. The summed E-state index contributed by atoms with van der Waals surface area (Å²) in [7, 11) is 0. The van der Waals surface area contributed by atoms with E-state index in [4.69, 9.17) is 18.9 Å². The molecule has 4 rings (SSSR count). The fourth-order valence-corrected chi connectivity index (χ4v) is 3.98. The van der Waals surface area contributed by atoms with Gasteiger partial charge in [-0.05, 0) is 46.2 Å². The van der Waals surface area contributed by atoms with Crippen molar-refractivity contribution in [3.63, 3.8) is 0 Å².